The molecule has 1 fully saturated rings. The smallest absolute Gasteiger partial charge is 0.242 e. The van der Waals surface area contributed by atoms with Gasteiger partial charge in [-0.25, -0.2) is 9.37 Å². The number of hydrogen-bond acceptors (Lipinski definition) is 3. The highest BCUT2D eigenvalue weighted by Gasteiger charge is 2.25. The van der Waals surface area contributed by atoms with Crippen molar-refractivity contribution in [2.75, 3.05) is 24.5 Å². The lowest BCUT2D eigenvalue weighted by atomic mass is 10.2. The summed E-state index contributed by atoms with van der Waals surface area (Å²) >= 11 is 6.12. The first-order valence-electron chi connectivity index (χ1n) is 7.01. The Labute approximate surface area is 133 Å². The van der Waals surface area contributed by atoms with Crippen LogP contribution in [0.1, 0.15) is 5.56 Å². The number of amides is 1. The number of aromatic nitrogens is 1. The molecule has 1 aromatic heterocycles. The Morgan fingerprint density at radius 2 is 1.95 bits per heavy atom. The Kier molecular flexibility index (Phi) is 4.24. The van der Waals surface area contributed by atoms with Crippen molar-refractivity contribution >= 4 is 23.3 Å². The summed E-state index contributed by atoms with van der Waals surface area (Å²) in [7, 11) is 0. The summed E-state index contributed by atoms with van der Waals surface area (Å²) < 4.78 is 12.9. The zero-order valence-corrected chi connectivity index (χ0v) is 12.6. The number of carbonyl (C=O) groups is 1. The molecule has 2 aromatic rings. The van der Waals surface area contributed by atoms with Gasteiger partial charge in [-0.1, -0.05) is 23.7 Å². The second-order valence-corrected chi connectivity index (χ2v) is 5.58. The molecule has 6 heteroatoms. The Bertz CT molecular complexity index is 677. The molecule has 22 heavy (non-hydrogen) atoms. The highest BCUT2D eigenvalue weighted by molar-refractivity contribution is 6.33. The van der Waals surface area contributed by atoms with Crippen LogP contribution in [-0.4, -0.2) is 35.4 Å². The number of carbonyl (C=O) groups excluding carboxylic acids is 1. The molecule has 1 aliphatic rings. The number of pyridine rings is 1. The first-order chi connectivity index (χ1) is 10.6. The van der Waals surface area contributed by atoms with Gasteiger partial charge in [0, 0.05) is 25.8 Å². The third-order valence-corrected chi connectivity index (χ3v) is 3.94. The third-order valence-electron chi connectivity index (χ3n) is 3.64. The maximum atomic E-state index is 12.9. The normalized spacial score (nSPS) is 15.3. The van der Waals surface area contributed by atoms with E-state index in [-0.39, 0.29) is 18.3 Å². The second kappa shape index (κ2) is 6.32. The second-order valence-electron chi connectivity index (χ2n) is 5.17. The molecule has 1 saturated heterocycles. The summed E-state index contributed by atoms with van der Waals surface area (Å²) in [5.41, 5.74) is 0.916. The molecule has 2 heterocycles. The van der Waals surface area contributed by atoms with Crippen molar-refractivity contribution in [1.82, 2.24) is 9.88 Å². The minimum absolute atomic E-state index is 0.0114. The standard InChI is InChI=1S/C16H15ClFN3O/c17-14-2-1-7-19-16(14)21-9-8-20(15(22)11-21)10-12-3-5-13(18)6-4-12/h1-7H,8-11H2. The fourth-order valence-electron chi connectivity index (χ4n) is 2.48. The lowest BCUT2D eigenvalue weighted by Crippen LogP contribution is -2.50. The average molecular weight is 320 g/mol. The van der Waals surface area contributed by atoms with Gasteiger partial charge in [-0.05, 0) is 29.8 Å². The van der Waals surface area contributed by atoms with E-state index < -0.39 is 0 Å². The summed E-state index contributed by atoms with van der Waals surface area (Å²) in [6.07, 6.45) is 1.66. The molecule has 0 unspecified atom stereocenters. The van der Waals surface area contributed by atoms with E-state index in [1.165, 1.54) is 12.1 Å². The largest absolute Gasteiger partial charge is 0.344 e. The molecule has 0 radical (unpaired) electrons. The maximum Gasteiger partial charge on any atom is 0.242 e. The monoisotopic (exact) mass is 319 g/mol. The van der Waals surface area contributed by atoms with Gasteiger partial charge in [0.2, 0.25) is 5.91 Å². The van der Waals surface area contributed by atoms with Crippen molar-refractivity contribution < 1.29 is 9.18 Å². The number of hydrogen-bond donors (Lipinski definition) is 0. The molecule has 1 aromatic carbocycles. The molecule has 114 valence electrons. The number of halogens is 2. The number of nitrogens with zero attached hydrogens (tertiary/aromatic N) is 3. The fourth-order valence-corrected chi connectivity index (χ4v) is 2.72. The summed E-state index contributed by atoms with van der Waals surface area (Å²) in [6.45, 7) is 1.99. The minimum Gasteiger partial charge on any atom is -0.344 e. The van der Waals surface area contributed by atoms with Gasteiger partial charge in [0.15, 0.2) is 0 Å². The van der Waals surface area contributed by atoms with Gasteiger partial charge in [-0.15, -0.1) is 0 Å². The van der Waals surface area contributed by atoms with Crippen molar-refractivity contribution in [2.45, 2.75) is 6.54 Å². The van der Waals surface area contributed by atoms with Crippen LogP contribution in [0.2, 0.25) is 5.02 Å². The van der Waals surface area contributed by atoms with Crippen LogP contribution in [-0.2, 0) is 11.3 Å². The lowest BCUT2D eigenvalue weighted by Gasteiger charge is -2.35. The van der Waals surface area contributed by atoms with Crippen molar-refractivity contribution in [3.05, 3.63) is 59.0 Å². The topological polar surface area (TPSA) is 36.4 Å². The minimum atomic E-state index is -0.273. The lowest BCUT2D eigenvalue weighted by molar-refractivity contribution is -0.131. The van der Waals surface area contributed by atoms with E-state index in [1.807, 2.05) is 4.90 Å². The van der Waals surface area contributed by atoms with Crippen molar-refractivity contribution in [1.29, 1.82) is 0 Å². The number of piperazine rings is 1. The van der Waals surface area contributed by atoms with Crippen LogP contribution in [0, 0.1) is 5.82 Å². The first-order valence-corrected chi connectivity index (χ1v) is 7.39. The van der Waals surface area contributed by atoms with Crippen molar-refractivity contribution in [3.63, 3.8) is 0 Å². The molecule has 0 bridgehead atoms. The van der Waals surface area contributed by atoms with E-state index in [1.54, 1.807) is 35.4 Å². The number of rotatable bonds is 3. The van der Waals surface area contributed by atoms with Crippen LogP contribution < -0.4 is 4.90 Å². The van der Waals surface area contributed by atoms with Crippen molar-refractivity contribution in [3.8, 4) is 0 Å². The van der Waals surface area contributed by atoms with E-state index in [0.29, 0.717) is 30.5 Å². The van der Waals surface area contributed by atoms with Crippen LogP contribution in [0.25, 0.3) is 0 Å². The molecular weight excluding hydrogens is 305 g/mol. The van der Waals surface area contributed by atoms with Gasteiger partial charge >= 0.3 is 0 Å². The molecule has 1 aliphatic heterocycles. The molecule has 0 aliphatic carbocycles. The van der Waals surface area contributed by atoms with Gasteiger partial charge in [-0.3, -0.25) is 4.79 Å². The summed E-state index contributed by atoms with van der Waals surface area (Å²) in [5, 5.41) is 0.544. The highest BCUT2D eigenvalue weighted by Crippen LogP contribution is 2.24. The predicted molar refractivity (Wildman–Crippen MR) is 83.3 cm³/mol. The molecule has 4 nitrogen and oxygen atoms in total. The Morgan fingerprint density at radius 1 is 1.18 bits per heavy atom. The molecule has 0 saturated carbocycles. The maximum absolute atomic E-state index is 12.9. The summed E-state index contributed by atoms with van der Waals surface area (Å²) in [6, 6.07) is 9.74. The number of benzene rings is 1. The fraction of sp³-hybridized carbons (Fsp3) is 0.250. The van der Waals surface area contributed by atoms with E-state index in [2.05, 4.69) is 4.98 Å². The van der Waals surface area contributed by atoms with Crippen LogP contribution in [0.15, 0.2) is 42.6 Å². The van der Waals surface area contributed by atoms with E-state index >= 15 is 0 Å². The van der Waals surface area contributed by atoms with E-state index in [9.17, 15) is 9.18 Å². The zero-order chi connectivity index (χ0) is 15.5. The van der Waals surface area contributed by atoms with Gasteiger partial charge in [0.05, 0.1) is 11.6 Å². The van der Waals surface area contributed by atoms with Crippen LogP contribution in [0.3, 0.4) is 0 Å². The molecule has 1 amide bonds. The highest BCUT2D eigenvalue weighted by atomic mass is 35.5. The predicted octanol–water partition coefficient (Wildman–Crippen LogP) is 2.72. The van der Waals surface area contributed by atoms with E-state index in [0.717, 1.165) is 5.56 Å². The third kappa shape index (κ3) is 3.20. The number of anilines is 1. The Balaban J connectivity index is 1.66. The van der Waals surface area contributed by atoms with Crippen molar-refractivity contribution in [2.24, 2.45) is 0 Å². The quantitative estimate of drug-likeness (QED) is 0.873. The molecule has 0 spiro atoms. The Morgan fingerprint density at radius 3 is 2.64 bits per heavy atom. The van der Waals surface area contributed by atoms with Crippen LogP contribution in [0.5, 0.6) is 0 Å². The molecule has 3 rings (SSSR count). The molecule has 0 atom stereocenters. The van der Waals surface area contributed by atoms with Gasteiger partial charge < -0.3 is 9.80 Å². The van der Waals surface area contributed by atoms with E-state index in [4.69, 9.17) is 11.6 Å². The van der Waals surface area contributed by atoms with Gasteiger partial charge in [-0.2, -0.15) is 0 Å². The van der Waals surface area contributed by atoms with Gasteiger partial charge in [0.25, 0.3) is 0 Å². The van der Waals surface area contributed by atoms with Crippen LogP contribution in [0.4, 0.5) is 10.2 Å². The molecule has 0 N–H and O–H groups in total. The van der Waals surface area contributed by atoms with Gasteiger partial charge in [0.1, 0.15) is 11.6 Å². The Hall–Kier alpha value is -2.14. The average Bonchev–Trinajstić information content (AvgIpc) is 2.52. The molecular formula is C16H15ClFN3O. The zero-order valence-electron chi connectivity index (χ0n) is 11.9. The summed E-state index contributed by atoms with van der Waals surface area (Å²) in [5.74, 6) is 0.376. The van der Waals surface area contributed by atoms with Crippen LogP contribution >= 0.6 is 11.6 Å². The SMILES string of the molecule is O=C1CN(c2ncccc2Cl)CCN1Cc1ccc(F)cc1. The summed E-state index contributed by atoms with van der Waals surface area (Å²) in [4.78, 5) is 20.2. The first kappa shape index (κ1) is 14.8.